The van der Waals surface area contributed by atoms with Gasteiger partial charge in [-0.05, 0) is 41.2 Å². The number of aromatic nitrogens is 4. The van der Waals surface area contributed by atoms with E-state index in [0.717, 1.165) is 15.0 Å². The van der Waals surface area contributed by atoms with Crippen molar-refractivity contribution in [2.75, 3.05) is 0 Å². The van der Waals surface area contributed by atoms with Gasteiger partial charge in [-0.1, -0.05) is 6.07 Å². The molecule has 98 valence electrons. The van der Waals surface area contributed by atoms with Crippen molar-refractivity contribution in [2.45, 2.75) is 19.9 Å². The van der Waals surface area contributed by atoms with E-state index in [0.29, 0.717) is 11.8 Å². The summed E-state index contributed by atoms with van der Waals surface area (Å²) in [6.07, 6.45) is 1.91. The number of rotatable bonds is 3. The van der Waals surface area contributed by atoms with Gasteiger partial charge in [0.25, 0.3) is 5.89 Å². The van der Waals surface area contributed by atoms with Crippen molar-refractivity contribution in [3.8, 4) is 10.8 Å². The van der Waals surface area contributed by atoms with Crippen LogP contribution in [0.15, 0.2) is 32.6 Å². The molecule has 19 heavy (non-hydrogen) atoms. The summed E-state index contributed by atoms with van der Waals surface area (Å²) in [4.78, 5) is 0.976. The zero-order chi connectivity index (χ0) is 13.4. The lowest BCUT2D eigenvalue weighted by Crippen LogP contribution is -2.07. The molecule has 0 aliphatic rings. The van der Waals surface area contributed by atoms with E-state index in [4.69, 9.17) is 4.42 Å². The van der Waals surface area contributed by atoms with E-state index >= 15 is 0 Å². The van der Waals surface area contributed by atoms with Crippen LogP contribution in [0.1, 0.15) is 24.6 Å². The molecule has 0 saturated heterocycles. The van der Waals surface area contributed by atoms with Gasteiger partial charge >= 0.3 is 0 Å². The highest BCUT2D eigenvalue weighted by molar-refractivity contribution is 9.10. The van der Waals surface area contributed by atoms with E-state index in [2.05, 4.69) is 31.2 Å². The smallest absolute Gasteiger partial charge is 0.257 e. The second-order valence-electron chi connectivity index (χ2n) is 4.14. The zero-order valence-electron chi connectivity index (χ0n) is 10.4. The molecule has 3 aromatic rings. The molecule has 0 fully saturated rings. The third-order valence-electron chi connectivity index (χ3n) is 2.78. The average Bonchev–Trinajstić information content (AvgIpc) is 3.09. The third kappa shape index (κ3) is 2.35. The largest absolute Gasteiger partial charge is 0.418 e. The minimum absolute atomic E-state index is 0.0915. The second-order valence-corrected chi connectivity index (χ2v) is 5.94. The Hall–Kier alpha value is -1.47. The summed E-state index contributed by atoms with van der Waals surface area (Å²) in [5, 5.41) is 14.6. The molecule has 3 rings (SSSR count). The lowest BCUT2D eigenvalue weighted by atomic mass is 10.3. The van der Waals surface area contributed by atoms with Crippen LogP contribution >= 0.6 is 27.3 Å². The Morgan fingerprint density at radius 2 is 2.26 bits per heavy atom. The Bertz CT molecular complexity index is 669. The van der Waals surface area contributed by atoms with Crippen LogP contribution < -0.4 is 0 Å². The Kier molecular flexibility index (Phi) is 3.24. The van der Waals surface area contributed by atoms with E-state index in [1.807, 2.05) is 42.2 Å². The zero-order valence-corrected chi connectivity index (χ0v) is 12.8. The number of aryl methyl sites for hydroxylation is 1. The fourth-order valence-corrected chi connectivity index (χ4v) is 2.61. The van der Waals surface area contributed by atoms with E-state index in [-0.39, 0.29) is 6.04 Å². The van der Waals surface area contributed by atoms with E-state index in [1.165, 1.54) is 0 Å². The van der Waals surface area contributed by atoms with Crippen LogP contribution in [-0.4, -0.2) is 20.0 Å². The Labute approximate surface area is 122 Å². The monoisotopic (exact) mass is 338 g/mol. The maximum absolute atomic E-state index is 5.71. The molecule has 0 aromatic carbocycles. The molecular formula is C12H11BrN4OS. The predicted molar refractivity (Wildman–Crippen MR) is 76.1 cm³/mol. The molecule has 7 heteroatoms. The Morgan fingerprint density at radius 3 is 2.89 bits per heavy atom. The van der Waals surface area contributed by atoms with Gasteiger partial charge in [-0.2, -0.15) is 5.10 Å². The van der Waals surface area contributed by atoms with Crippen molar-refractivity contribution in [3.63, 3.8) is 0 Å². The first-order valence-electron chi connectivity index (χ1n) is 5.73. The molecule has 1 unspecified atom stereocenters. The molecule has 3 heterocycles. The highest BCUT2D eigenvalue weighted by Crippen LogP contribution is 2.26. The van der Waals surface area contributed by atoms with Gasteiger partial charge in [-0.15, -0.1) is 21.5 Å². The number of hydrogen-bond acceptors (Lipinski definition) is 5. The van der Waals surface area contributed by atoms with E-state index < -0.39 is 0 Å². The van der Waals surface area contributed by atoms with Gasteiger partial charge in [0.2, 0.25) is 5.89 Å². The normalized spacial score (nSPS) is 12.8. The van der Waals surface area contributed by atoms with Gasteiger partial charge in [-0.3, -0.25) is 4.68 Å². The molecule has 0 N–H and O–H groups in total. The van der Waals surface area contributed by atoms with Crippen LogP contribution in [0.5, 0.6) is 0 Å². The van der Waals surface area contributed by atoms with E-state index in [9.17, 15) is 0 Å². The molecule has 0 aliphatic heterocycles. The molecule has 0 radical (unpaired) electrons. The molecule has 5 nitrogen and oxygen atoms in total. The standard InChI is InChI=1S/C12H11BrN4OS/c1-7-9(13)6-17(16-7)8(2)11-14-15-12(18-11)10-4-3-5-19-10/h3-6,8H,1-2H3. The van der Waals surface area contributed by atoms with Crippen LogP contribution in [0.25, 0.3) is 10.8 Å². The van der Waals surface area contributed by atoms with Crippen molar-refractivity contribution in [1.82, 2.24) is 20.0 Å². The van der Waals surface area contributed by atoms with Crippen molar-refractivity contribution >= 4 is 27.3 Å². The summed E-state index contributed by atoms with van der Waals surface area (Å²) in [6, 6.07) is 3.83. The molecule has 0 amide bonds. The predicted octanol–water partition coefficient (Wildman–Crippen LogP) is 3.67. The molecule has 0 bridgehead atoms. The first-order chi connectivity index (χ1) is 9.15. The van der Waals surface area contributed by atoms with Gasteiger partial charge in [0.1, 0.15) is 6.04 Å². The highest BCUT2D eigenvalue weighted by Gasteiger charge is 2.18. The van der Waals surface area contributed by atoms with Crippen LogP contribution in [0, 0.1) is 6.92 Å². The molecule has 0 aliphatic carbocycles. The summed E-state index contributed by atoms with van der Waals surface area (Å²) < 4.78 is 8.49. The minimum atomic E-state index is -0.0915. The minimum Gasteiger partial charge on any atom is -0.418 e. The maximum atomic E-state index is 5.71. The summed E-state index contributed by atoms with van der Waals surface area (Å²) in [5.41, 5.74) is 0.935. The summed E-state index contributed by atoms with van der Waals surface area (Å²) in [7, 11) is 0. The highest BCUT2D eigenvalue weighted by atomic mass is 79.9. The van der Waals surface area contributed by atoms with Crippen molar-refractivity contribution in [1.29, 1.82) is 0 Å². The van der Waals surface area contributed by atoms with Crippen LogP contribution in [-0.2, 0) is 0 Å². The Balaban J connectivity index is 1.90. The van der Waals surface area contributed by atoms with Gasteiger partial charge in [0, 0.05) is 6.20 Å². The van der Waals surface area contributed by atoms with Crippen molar-refractivity contribution < 1.29 is 4.42 Å². The summed E-state index contributed by atoms with van der Waals surface area (Å²) in [5.74, 6) is 1.11. The van der Waals surface area contributed by atoms with Crippen molar-refractivity contribution in [3.05, 3.63) is 39.8 Å². The first-order valence-corrected chi connectivity index (χ1v) is 7.41. The van der Waals surface area contributed by atoms with E-state index in [1.54, 1.807) is 11.3 Å². The lowest BCUT2D eigenvalue weighted by molar-refractivity contribution is 0.416. The summed E-state index contributed by atoms with van der Waals surface area (Å²) >= 11 is 5.02. The van der Waals surface area contributed by atoms with Gasteiger partial charge in [-0.25, -0.2) is 0 Å². The number of halogens is 1. The van der Waals surface area contributed by atoms with Crippen LogP contribution in [0.2, 0.25) is 0 Å². The quantitative estimate of drug-likeness (QED) is 0.730. The topological polar surface area (TPSA) is 56.7 Å². The summed E-state index contributed by atoms with van der Waals surface area (Å²) in [6.45, 7) is 3.92. The number of nitrogens with zero attached hydrogens (tertiary/aromatic N) is 4. The maximum Gasteiger partial charge on any atom is 0.257 e. The lowest BCUT2D eigenvalue weighted by Gasteiger charge is -2.06. The number of thiophene rings is 1. The average molecular weight is 339 g/mol. The van der Waals surface area contributed by atoms with Crippen molar-refractivity contribution in [2.24, 2.45) is 0 Å². The number of hydrogen-bond donors (Lipinski definition) is 0. The molecule has 3 aromatic heterocycles. The molecule has 0 saturated carbocycles. The second kappa shape index (κ2) is 4.90. The van der Waals surface area contributed by atoms with Crippen LogP contribution in [0.3, 0.4) is 0 Å². The third-order valence-corrected chi connectivity index (χ3v) is 4.42. The van der Waals surface area contributed by atoms with Gasteiger partial charge in [0.15, 0.2) is 0 Å². The molecule has 0 spiro atoms. The Morgan fingerprint density at radius 1 is 1.42 bits per heavy atom. The fraction of sp³-hybridized carbons (Fsp3) is 0.250. The molecule has 1 atom stereocenters. The fourth-order valence-electron chi connectivity index (χ4n) is 1.67. The van der Waals surface area contributed by atoms with Gasteiger partial charge < -0.3 is 4.42 Å². The molecular weight excluding hydrogens is 328 g/mol. The van der Waals surface area contributed by atoms with Gasteiger partial charge in [0.05, 0.1) is 15.0 Å². The van der Waals surface area contributed by atoms with Crippen LogP contribution in [0.4, 0.5) is 0 Å². The first kappa shape index (κ1) is 12.6. The SMILES string of the molecule is Cc1nn(C(C)c2nnc(-c3cccs3)o2)cc1Br.